The first-order valence-corrected chi connectivity index (χ1v) is 6.37. The van der Waals surface area contributed by atoms with Crippen LogP contribution >= 0.6 is 11.6 Å². The summed E-state index contributed by atoms with van der Waals surface area (Å²) < 4.78 is 13.4. The fourth-order valence-electron chi connectivity index (χ4n) is 2.17. The second-order valence-corrected chi connectivity index (χ2v) is 5.41. The maximum atomic E-state index is 13.4. The summed E-state index contributed by atoms with van der Waals surface area (Å²) in [5.41, 5.74) is 6.33. The normalized spacial score (nSPS) is 19.2. The van der Waals surface area contributed by atoms with Crippen LogP contribution in [0, 0.1) is 11.7 Å². The van der Waals surface area contributed by atoms with Crippen LogP contribution in [-0.4, -0.2) is 23.3 Å². The molecule has 0 spiro atoms. The number of hydrogen-bond acceptors (Lipinski definition) is 2. The molecule has 1 aromatic carbocycles. The minimum Gasteiger partial charge on any atom is -0.385 e. The Bertz CT molecular complexity index is 524. The van der Waals surface area contributed by atoms with Gasteiger partial charge in [0.1, 0.15) is 17.7 Å². The van der Waals surface area contributed by atoms with Gasteiger partial charge in [-0.05, 0) is 29.7 Å². The van der Waals surface area contributed by atoms with Crippen molar-refractivity contribution in [3.63, 3.8) is 0 Å². The number of nitrogens with two attached hydrogens (primary N) is 1. The molecule has 1 aliphatic heterocycles. The summed E-state index contributed by atoms with van der Waals surface area (Å²) in [6.45, 7) is 4.47. The lowest BCUT2D eigenvalue weighted by atomic mass is 10.0. The third-order valence-corrected chi connectivity index (χ3v) is 3.04. The van der Waals surface area contributed by atoms with Crippen molar-refractivity contribution < 1.29 is 9.18 Å². The zero-order valence-electron chi connectivity index (χ0n) is 10.7. The highest BCUT2D eigenvalue weighted by Crippen LogP contribution is 2.30. The standard InChI is InChI=1S/C13H15ClFN3O/c1-7(2)6-18-11(12(16)17-13(18)19)8-3-9(14)5-10(15)4-8/h3-5,7,11H,6H2,1-2H3,(H2,16,17,19). The van der Waals surface area contributed by atoms with Crippen LogP contribution in [-0.2, 0) is 0 Å². The number of benzene rings is 1. The van der Waals surface area contributed by atoms with E-state index in [0.717, 1.165) is 0 Å². The maximum absolute atomic E-state index is 13.4. The number of urea groups is 1. The van der Waals surface area contributed by atoms with Crippen molar-refractivity contribution in [2.75, 3.05) is 6.54 Å². The molecular weight excluding hydrogens is 269 g/mol. The molecule has 0 aliphatic carbocycles. The molecule has 0 radical (unpaired) electrons. The van der Waals surface area contributed by atoms with E-state index in [-0.39, 0.29) is 16.8 Å². The molecule has 4 nitrogen and oxygen atoms in total. The van der Waals surface area contributed by atoms with E-state index >= 15 is 0 Å². The molecule has 2 rings (SSSR count). The molecule has 1 unspecified atom stereocenters. The Labute approximate surface area is 116 Å². The van der Waals surface area contributed by atoms with Crippen molar-refractivity contribution in [1.82, 2.24) is 4.90 Å². The molecule has 2 N–H and O–H groups in total. The molecule has 1 atom stereocenters. The minimum absolute atomic E-state index is 0.173. The Morgan fingerprint density at radius 2 is 2.16 bits per heavy atom. The number of amidine groups is 1. The van der Waals surface area contributed by atoms with Crippen LogP contribution < -0.4 is 5.73 Å². The summed E-state index contributed by atoms with van der Waals surface area (Å²) in [5.74, 6) is -0.0250. The van der Waals surface area contributed by atoms with Gasteiger partial charge in [0.05, 0.1) is 0 Å². The highest BCUT2D eigenvalue weighted by molar-refractivity contribution is 6.30. The Balaban J connectivity index is 2.39. The van der Waals surface area contributed by atoms with Gasteiger partial charge in [-0.2, -0.15) is 4.99 Å². The summed E-state index contributed by atoms with van der Waals surface area (Å²) in [4.78, 5) is 17.1. The Morgan fingerprint density at radius 1 is 1.47 bits per heavy atom. The highest BCUT2D eigenvalue weighted by Gasteiger charge is 2.35. The fraction of sp³-hybridized carbons (Fsp3) is 0.385. The first-order valence-electron chi connectivity index (χ1n) is 5.99. The third kappa shape index (κ3) is 2.87. The maximum Gasteiger partial charge on any atom is 0.346 e. The number of amides is 2. The van der Waals surface area contributed by atoms with E-state index < -0.39 is 17.9 Å². The predicted molar refractivity (Wildman–Crippen MR) is 72.7 cm³/mol. The number of rotatable bonds is 3. The lowest BCUT2D eigenvalue weighted by Crippen LogP contribution is -2.35. The molecule has 19 heavy (non-hydrogen) atoms. The van der Waals surface area contributed by atoms with E-state index in [0.29, 0.717) is 12.1 Å². The molecule has 0 fully saturated rings. The summed E-state index contributed by atoms with van der Waals surface area (Å²) in [7, 11) is 0. The van der Waals surface area contributed by atoms with Crippen LogP contribution in [0.3, 0.4) is 0 Å². The van der Waals surface area contributed by atoms with Gasteiger partial charge in [0.15, 0.2) is 0 Å². The minimum atomic E-state index is -0.539. The number of carbonyl (C=O) groups excluding carboxylic acids is 1. The van der Waals surface area contributed by atoms with E-state index in [1.54, 1.807) is 6.07 Å². The molecule has 0 saturated heterocycles. The molecule has 1 aromatic rings. The molecule has 0 aromatic heterocycles. The summed E-state index contributed by atoms with van der Waals surface area (Å²) >= 11 is 5.84. The van der Waals surface area contributed by atoms with Crippen LogP contribution in [0.4, 0.5) is 9.18 Å². The van der Waals surface area contributed by atoms with Crippen LogP contribution in [0.1, 0.15) is 25.5 Å². The Morgan fingerprint density at radius 3 is 2.74 bits per heavy atom. The number of halogens is 2. The first-order chi connectivity index (χ1) is 8.88. The highest BCUT2D eigenvalue weighted by atomic mass is 35.5. The monoisotopic (exact) mass is 283 g/mol. The number of hydrogen-bond donors (Lipinski definition) is 1. The molecule has 0 saturated carbocycles. The largest absolute Gasteiger partial charge is 0.385 e. The third-order valence-electron chi connectivity index (χ3n) is 2.82. The van der Waals surface area contributed by atoms with E-state index in [2.05, 4.69) is 4.99 Å². The smallest absolute Gasteiger partial charge is 0.346 e. The van der Waals surface area contributed by atoms with E-state index in [4.69, 9.17) is 17.3 Å². The van der Waals surface area contributed by atoms with Crippen molar-refractivity contribution in [3.8, 4) is 0 Å². The van der Waals surface area contributed by atoms with Crippen LogP contribution in [0.2, 0.25) is 5.02 Å². The van der Waals surface area contributed by atoms with Gasteiger partial charge in [-0.25, -0.2) is 9.18 Å². The van der Waals surface area contributed by atoms with Crippen LogP contribution in [0.25, 0.3) is 0 Å². The quantitative estimate of drug-likeness (QED) is 0.927. The summed E-state index contributed by atoms with van der Waals surface area (Å²) in [6, 6.07) is 3.20. The van der Waals surface area contributed by atoms with Crippen molar-refractivity contribution in [2.24, 2.45) is 16.6 Å². The van der Waals surface area contributed by atoms with E-state index in [1.165, 1.54) is 17.0 Å². The molecular formula is C13H15ClFN3O. The Hall–Kier alpha value is -1.62. The van der Waals surface area contributed by atoms with Crippen molar-refractivity contribution in [1.29, 1.82) is 0 Å². The van der Waals surface area contributed by atoms with Gasteiger partial charge in [0.25, 0.3) is 0 Å². The average molecular weight is 284 g/mol. The number of aliphatic imine (C=N–C) groups is 1. The lowest BCUT2D eigenvalue weighted by molar-refractivity contribution is 0.198. The van der Waals surface area contributed by atoms with E-state index in [1.807, 2.05) is 13.8 Å². The SMILES string of the molecule is CC(C)CN1C(=O)N=C(N)C1c1cc(F)cc(Cl)c1. The van der Waals surface area contributed by atoms with Crippen molar-refractivity contribution in [2.45, 2.75) is 19.9 Å². The zero-order valence-corrected chi connectivity index (χ0v) is 11.5. The van der Waals surface area contributed by atoms with Crippen LogP contribution in [0.5, 0.6) is 0 Å². The van der Waals surface area contributed by atoms with Gasteiger partial charge >= 0.3 is 6.03 Å². The van der Waals surface area contributed by atoms with Crippen molar-refractivity contribution in [3.05, 3.63) is 34.6 Å². The molecule has 0 bridgehead atoms. The molecule has 1 aliphatic rings. The number of nitrogens with zero attached hydrogens (tertiary/aromatic N) is 2. The summed E-state index contributed by atoms with van der Waals surface area (Å²) in [5, 5.41) is 0.270. The first kappa shape index (κ1) is 13.8. The van der Waals surface area contributed by atoms with Gasteiger partial charge in [-0.15, -0.1) is 0 Å². The van der Waals surface area contributed by atoms with Gasteiger partial charge in [-0.1, -0.05) is 25.4 Å². The lowest BCUT2D eigenvalue weighted by Gasteiger charge is -2.26. The second-order valence-electron chi connectivity index (χ2n) is 4.97. The molecule has 102 valence electrons. The summed E-state index contributed by atoms with van der Waals surface area (Å²) in [6.07, 6.45) is 0. The average Bonchev–Trinajstić information content (AvgIpc) is 2.51. The Kier molecular flexibility index (Phi) is 3.75. The van der Waals surface area contributed by atoms with E-state index in [9.17, 15) is 9.18 Å². The van der Waals surface area contributed by atoms with Gasteiger partial charge in [-0.3, -0.25) is 0 Å². The molecule has 1 heterocycles. The zero-order chi connectivity index (χ0) is 14.2. The topological polar surface area (TPSA) is 58.7 Å². The van der Waals surface area contributed by atoms with Gasteiger partial charge < -0.3 is 10.6 Å². The fourth-order valence-corrected chi connectivity index (χ4v) is 2.40. The molecule has 6 heteroatoms. The van der Waals surface area contributed by atoms with Gasteiger partial charge in [0.2, 0.25) is 0 Å². The predicted octanol–water partition coefficient (Wildman–Crippen LogP) is 2.97. The van der Waals surface area contributed by atoms with Gasteiger partial charge in [0, 0.05) is 11.6 Å². The number of carbonyl (C=O) groups is 1. The second kappa shape index (κ2) is 5.17. The molecule has 2 amide bonds. The van der Waals surface area contributed by atoms with Crippen LogP contribution in [0.15, 0.2) is 23.2 Å². The van der Waals surface area contributed by atoms with Crippen molar-refractivity contribution >= 4 is 23.5 Å².